The normalized spacial score (nSPS) is 21.0. The summed E-state index contributed by atoms with van der Waals surface area (Å²) in [6, 6.07) is 13.9. The molecule has 1 aromatic heterocycles. The van der Waals surface area contributed by atoms with Crippen LogP contribution in [0.15, 0.2) is 53.9 Å². The smallest absolute Gasteiger partial charge is 0.410 e. The number of carbonyl (C=O) groups is 2. The Morgan fingerprint density at radius 2 is 1.89 bits per heavy atom. The molecule has 0 N–H and O–H groups in total. The Bertz CT molecular complexity index is 811. The van der Waals surface area contributed by atoms with Gasteiger partial charge < -0.3 is 14.5 Å². The van der Waals surface area contributed by atoms with Gasteiger partial charge in [-0.05, 0) is 35.9 Å². The SMILES string of the molecule is O=C(/C=C/c1cccs1)N1CCC(N2CC(c3ccccc3)OC2=O)CC1. The molecule has 5 nitrogen and oxygen atoms in total. The summed E-state index contributed by atoms with van der Waals surface area (Å²) in [5.41, 5.74) is 1.03. The average Bonchev–Trinajstić information content (AvgIpc) is 3.37. The lowest BCUT2D eigenvalue weighted by molar-refractivity contribution is -0.127. The lowest BCUT2D eigenvalue weighted by atomic mass is 10.0. The van der Waals surface area contributed by atoms with Crippen molar-refractivity contribution in [2.45, 2.75) is 25.0 Å². The van der Waals surface area contributed by atoms with Crippen molar-refractivity contribution < 1.29 is 14.3 Å². The van der Waals surface area contributed by atoms with Gasteiger partial charge in [-0.2, -0.15) is 0 Å². The molecule has 1 atom stereocenters. The quantitative estimate of drug-likeness (QED) is 0.753. The lowest BCUT2D eigenvalue weighted by Gasteiger charge is -2.35. The number of piperidine rings is 1. The summed E-state index contributed by atoms with van der Waals surface area (Å²) in [5, 5.41) is 1.99. The summed E-state index contributed by atoms with van der Waals surface area (Å²) in [4.78, 5) is 29.4. The number of benzene rings is 1. The van der Waals surface area contributed by atoms with Crippen LogP contribution in [0.3, 0.4) is 0 Å². The van der Waals surface area contributed by atoms with Gasteiger partial charge in [0.25, 0.3) is 0 Å². The van der Waals surface area contributed by atoms with Gasteiger partial charge in [0.1, 0.15) is 6.10 Å². The first-order valence-corrected chi connectivity index (χ1v) is 10.1. The number of carbonyl (C=O) groups excluding carboxylic acids is 2. The van der Waals surface area contributed by atoms with Crippen molar-refractivity contribution >= 4 is 29.4 Å². The predicted octanol–water partition coefficient (Wildman–Crippen LogP) is 3.95. The molecule has 2 amide bonds. The van der Waals surface area contributed by atoms with E-state index in [0.717, 1.165) is 23.3 Å². The number of hydrogen-bond acceptors (Lipinski definition) is 4. The second-order valence-electron chi connectivity index (χ2n) is 6.84. The van der Waals surface area contributed by atoms with E-state index in [9.17, 15) is 9.59 Å². The number of hydrogen-bond donors (Lipinski definition) is 0. The third-order valence-corrected chi connectivity index (χ3v) is 6.00. The first-order valence-electron chi connectivity index (χ1n) is 9.23. The fourth-order valence-electron chi connectivity index (χ4n) is 3.66. The molecule has 6 heteroatoms. The van der Waals surface area contributed by atoms with Crippen LogP contribution in [-0.4, -0.2) is 47.5 Å². The van der Waals surface area contributed by atoms with Crippen molar-refractivity contribution in [1.29, 1.82) is 0 Å². The van der Waals surface area contributed by atoms with Crippen LogP contribution < -0.4 is 0 Å². The highest BCUT2D eigenvalue weighted by molar-refractivity contribution is 7.10. The topological polar surface area (TPSA) is 49.9 Å². The lowest BCUT2D eigenvalue weighted by Crippen LogP contribution is -2.46. The standard InChI is InChI=1S/C21H22N2O3S/c24-20(9-8-18-7-4-14-27-18)22-12-10-17(11-13-22)23-15-19(26-21(23)25)16-5-2-1-3-6-16/h1-9,14,17,19H,10-13,15H2/b9-8+. The Balaban J connectivity index is 1.31. The van der Waals surface area contributed by atoms with Gasteiger partial charge in [0.15, 0.2) is 0 Å². The van der Waals surface area contributed by atoms with E-state index in [0.29, 0.717) is 19.6 Å². The Hall–Kier alpha value is -2.60. The number of ether oxygens (including phenoxy) is 1. The van der Waals surface area contributed by atoms with Gasteiger partial charge in [0.2, 0.25) is 5.91 Å². The first-order chi connectivity index (χ1) is 13.2. The van der Waals surface area contributed by atoms with Crippen molar-refractivity contribution in [3.8, 4) is 0 Å². The van der Waals surface area contributed by atoms with E-state index in [1.807, 2.05) is 63.7 Å². The van der Waals surface area contributed by atoms with E-state index in [1.165, 1.54) is 0 Å². The first kappa shape index (κ1) is 17.8. The molecule has 0 spiro atoms. The molecular formula is C21H22N2O3S. The largest absolute Gasteiger partial charge is 0.439 e. The van der Waals surface area contributed by atoms with Crippen molar-refractivity contribution in [3.63, 3.8) is 0 Å². The molecule has 2 aliphatic heterocycles. The van der Waals surface area contributed by atoms with E-state index in [2.05, 4.69) is 0 Å². The minimum atomic E-state index is -0.244. The summed E-state index contributed by atoms with van der Waals surface area (Å²) >= 11 is 1.61. The molecule has 0 saturated carbocycles. The molecule has 3 heterocycles. The fraction of sp³-hybridized carbons (Fsp3) is 0.333. The van der Waals surface area contributed by atoms with Crippen LogP contribution in [0, 0.1) is 0 Å². The molecular weight excluding hydrogens is 360 g/mol. The molecule has 1 aromatic carbocycles. The number of thiophene rings is 1. The van der Waals surface area contributed by atoms with Gasteiger partial charge >= 0.3 is 6.09 Å². The monoisotopic (exact) mass is 382 g/mol. The Morgan fingerprint density at radius 3 is 2.59 bits per heavy atom. The summed E-state index contributed by atoms with van der Waals surface area (Å²) in [5.74, 6) is 0.0352. The average molecular weight is 382 g/mol. The Labute approximate surface area is 162 Å². The molecule has 0 aliphatic carbocycles. The molecule has 0 bridgehead atoms. The van der Waals surface area contributed by atoms with E-state index in [1.54, 1.807) is 17.4 Å². The minimum Gasteiger partial charge on any atom is -0.439 e. The number of cyclic esters (lactones) is 1. The summed E-state index contributed by atoms with van der Waals surface area (Å²) in [7, 11) is 0. The van der Waals surface area contributed by atoms with Gasteiger partial charge in [0.05, 0.1) is 6.54 Å². The Kier molecular flexibility index (Phi) is 5.25. The molecule has 2 aromatic rings. The summed E-state index contributed by atoms with van der Waals surface area (Å²) < 4.78 is 5.56. The molecule has 2 saturated heterocycles. The van der Waals surface area contributed by atoms with Crippen LogP contribution in [0.2, 0.25) is 0 Å². The van der Waals surface area contributed by atoms with Crippen LogP contribution in [-0.2, 0) is 9.53 Å². The second-order valence-corrected chi connectivity index (χ2v) is 7.82. The van der Waals surface area contributed by atoms with Gasteiger partial charge in [0, 0.05) is 30.1 Å². The number of rotatable bonds is 4. The molecule has 4 rings (SSSR count). The van der Waals surface area contributed by atoms with Gasteiger partial charge in [-0.3, -0.25) is 4.79 Å². The third-order valence-electron chi connectivity index (χ3n) is 5.16. The maximum atomic E-state index is 12.4. The highest BCUT2D eigenvalue weighted by Gasteiger charge is 2.38. The van der Waals surface area contributed by atoms with E-state index < -0.39 is 0 Å². The molecule has 140 valence electrons. The zero-order valence-corrected chi connectivity index (χ0v) is 15.8. The molecule has 2 aliphatic rings. The highest BCUT2D eigenvalue weighted by Crippen LogP contribution is 2.30. The zero-order valence-electron chi connectivity index (χ0n) is 15.0. The van der Waals surface area contributed by atoms with E-state index in [-0.39, 0.29) is 24.1 Å². The maximum Gasteiger partial charge on any atom is 0.410 e. The second kappa shape index (κ2) is 7.96. The zero-order chi connectivity index (χ0) is 18.6. The number of amides is 2. The molecule has 0 radical (unpaired) electrons. The number of likely N-dealkylation sites (tertiary alicyclic amines) is 1. The minimum absolute atomic E-state index is 0.0352. The maximum absolute atomic E-state index is 12.4. The van der Waals surface area contributed by atoms with Crippen molar-refractivity contribution in [2.24, 2.45) is 0 Å². The molecule has 2 fully saturated rings. The van der Waals surface area contributed by atoms with Crippen molar-refractivity contribution in [1.82, 2.24) is 9.80 Å². The molecule has 1 unspecified atom stereocenters. The number of nitrogens with zero attached hydrogens (tertiary/aromatic N) is 2. The van der Waals surface area contributed by atoms with Crippen LogP contribution >= 0.6 is 11.3 Å². The van der Waals surface area contributed by atoms with Crippen molar-refractivity contribution in [3.05, 3.63) is 64.4 Å². The van der Waals surface area contributed by atoms with Gasteiger partial charge in [-0.15, -0.1) is 11.3 Å². The van der Waals surface area contributed by atoms with Crippen molar-refractivity contribution in [2.75, 3.05) is 19.6 Å². The van der Waals surface area contributed by atoms with Crippen LogP contribution in [0.4, 0.5) is 4.79 Å². The molecule has 27 heavy (non-hydrogen) atoms. The van der Waals surface area contributed by atoms with Crippen LogP contribution in [0.5, 0.6) is 0 Å². The van der Waals surface area contributed by atoms with Crippen LogP contribution in [0.1, 0.15) is 29.4 Å². The Morgan fingerprint density at radius 1 is 1.11 bits per heavy atom. The van der Waals surface area contributed by atoms with E-state index >= 15 is 0 Å². The summed E-state index contributed by atoms with van der Waals surface area (Å²) in [6.07, 6.45) is 4.63. The summed E-state index contributed by atoms with van der Waals surface area (Å²) in [6.45, 7) is 1.91. The third kappa shape index (κ3) is 4.06. The predicted molar refractivity (Wildman–Crippen MR) is 105 cm³/mol. The van der Waals surface area contributed by atoms with E-state index in [4.69, 9.17) is 4.74 Å². The van der Waals surface area contributed by atoms with Crippen LogP contribution in [0.25, 0.3) is 6.08 Å². The highest BCUT2D eigenvalue weighted by atomic mass is 32.1. The van der Waals surface area contributed by atoms with Gasteiger partial charge in [-0.1, -0.05) is 36.4 Å². The fourth-order valence-corrected chi connectivity index (χ4v) is 4.28. The van der Waals surface area contributed by atoms with Gasteiger partial charge in [-0.25, -0.2) is 4.79 Å².